The predicted molar refractivity (Wildman–Crippen MR) is 132 cm³/mol. The van der Waals surface area contributed by atoms with Crippen molar-refractivity contribution in [3.63, 3.8) is 0 Å². The molecule has 0 unspecified atom stereocenters. The molecule has 0 saturated carbocycles. The van der Waals surface area contributed by atoms with Crippen molar-refractivity contribution in [3.8, 4) is 40.2 Å². The van der Waals surface area contributed by atoms with Crippen LogP contribution in [0.3, 0.4) is 0 Å². The first kappa shape index (κ1) is 23.2. The van der Waals surface area contributed by atoms with Gasteiger partial charge in [0.2, 0.25) is 0 Å². The summed E-state index contributed by atoms with van der Waals surface area (Å²) in [5, 5.41) is 14.2. The lowest BCUT2D eigenvalue weighted by Crippen LogP contribution is -1.99. The van der Waals surface area contributed by atoms with Crippen LogP contribution in [0.4, 0.5) is 0 Å². The SMILES string of the molecule is COc1cc(Cc2c3cc(OC)c(OC)cc3c(O)c3cc(OC)cc(OC)c23)cc(OC)c1. The summed E-state index contributed by atoms with van der Waals surface area (Å²) in [6.07, 6.45) is 0.513. The Morgan fingerprint density at radius 1 is 0.529 bits per heavy atom. The molecular weight excluding hydrogens is 436 g/mol. The summed E-state index contributed by atoms with van der Waals surface area (Å²) in [7, 11) is 9.57. The minimum absolute atomic E-state index is 0.107. The Balaban J connectivity index is 2.13. The summed E-state index contributed by atoms with van der Waals surface area (Å²) in [5.41, 5.74) is 1.91. The molecular formula is C27H28O7. The highest BCUT2D eigenvalue weighted by atomic mass is 16.5. The second-order valence-corrected chi connectivity index (χ2v) is 7.73. The molecule has 0 aliphatic rings. The fourth-order valence-corrected chi connectivity index (χ4v) is 4.33. The van der Waals surface area contributed by atoms with Crippen LogP contribution in [-0.4, -0.2) is 47.8 Å². The molecule has 0 saturated heterocycles. The van der Waals surface area contributed by atoms with E-state index in [2.05, 4.69) is 0 Å². The van der Waals surface area contributed by atoms with Gasteiger partial charge < -0.3 is 33.5 Å². The molecule has 0 aromatic heterocycles. The van der Waals surface area contributed by atoms with Gasteiger partial charge in [-0.3, -0.25) is 0 Å². The van der Waals surface area contributed by atoms with Gasteiger partial charge >= 0.3 is 0 Å². The van der Waals surface area contributed by atoms with Crippen molar-refractivity contribution in [2.24, 2.45) is 0 Å². The van der Waals surface area contributed by atoms with Gasteiger partial charge in [0.15, 0.2) is 11.5 Å². The van der Waals surface area contributed by atoms with Gasteiger partial charge in [0.1, 0.15) is 28.7 Å². The van der Waals surface area contributed by atoms with E-state index in [1.807, 2.05) is 30.3 Å². The van der Waals surface area contributed by atoms with Crippen molar-refractivity contribution in [2.45, 2.75) is 6.42 Å². The van der Waals surface area contributed by atoms with Crippen molar-refractivity contribution >= 4 is 21.5 Å². The van der Waals surface area contributed by atoms with Gasteiger partial charge in [-0.2, -0.15) is 0 Å². The Kier molecular flexibility index (Phi) is 6.45. The number of methoxy groups -OCH3 is 6. The van der Waals surface area contributed by atoms with E-state index in [4.69, 9.17) is 28.4 Å². The number of ether oxygens (including phenoxy) is 6. The third kappa shape index (κ3) is 3.94. The zero-order chi connectivity index (χ0) is 24.4. The molecule has 0 bridgehead atoms. The van der Waals surface area contributed by atoms with E-state index in [9.17, 15) is 5.11 Å². The monoisotopic (exact) mass is 464 g/mol. The van der Waals surface area contributed by atoms with E-state index in [-0.39, 0.29) is 5.75 Å². The molecule has 1 N–H and O–H groups in total. The highest BCUT2D eigenvalue weighted by Gasteiger charge is 2.21. The van der Waals surface area contributed by atoms with E-state index < -0.39 is 0 Å². The summed E-state index contributed by atoms with van der Waals surface area (Å²) in [4.78, 5) is 0. The standard InChI is InChI=1S/C27H28O7/c1-29-16-7-15(8-17(10-16)30-2)9-20-19-13-23(32-4)24(33-5)14-21(19)27(28)22-11-18(31-3)12-25(34-6)26(20)22/h7-8,10-14,28H,9H2,1-6H3. The van der Waals surface area contributed by atoms with Crippen LogP contribution >= 0.6 is 0 Å². The van der Waals surface area contributed by atoms with E-state index in [0.29, 0.717) is 51.7 Å². The molecule has 0 aliphatic heterocycles. The minimum atomic E-state index is 0.107. The van der Waals surface area contributed by atoms with Crippen LogP contribution in [0.25, 0.3) is 21.5 Å². The average Bonchev–Trinajstić information content (AvgIpc) is 2.88. The lowest BCUT2D eigenvalue weighted by atomic mass is 9.90. The Bertz CT molecular complexity index is 1340. The van der Waals surface area contributed by atoms with Crippen LogP contribution in [0, 0.1) is 0 Å². The van der Waals surface area contributed by atoms with E-state index in [1.54, 1.807) is 54.8 Å². The quantitative estimate of drug-likeness (QED) is 0.353. The van der Waals surface area contributed by atoms with Gasteiger partial charge in [-0.25, -0.2) is 0 Å². The van der Waals surface area contributed by atoms with Gasteiger partial charge in [0, 0.05) is 28.3 Å². The zero-order valence-corrected chi connectivity index (χ0v) is 20.1. The van der Waals surface area contributed by atoms with Crippen LogP contribution in [-0.2, 0) is 6.42 Å². The van der Waals surface area contributed by atoms with Crippen LogP contribution in [0.5, 0.6) is 40.2 Å². The molecule has 4 aromatic rings. The molecule has 0 atom stereocenters. The summed E-state index contributed by atoms with van der Waals surface area (Å²) in [5.74, 6) is 3.73. The van der Waals surface area contributed by atoms with E-state index >= 15 is 0 Å². The third-order valence-electron chi connectivity index (χ3n) is 5.98. The van der Waals surface area contributed by atoms with Gasteiger partial charge in [-0.1, -0.05) is 0 Å². The highest BCUT2D eigenvalue weighted by molar-refractivity contribution is 6.11. The maximum Gasteiger partial charge on any atom is 0.161 e. The zero-order valence-electron chi connectivity index (χ0n) is 20.1. The topological polar surface area (TPSA) is 75.6 Å². The second kappa shape index (κ2) is 9.47. The summed E-state index contributed by atoms with van der Waals surface area (Å²) < 4.78 is 33.2. The lowest BCUT2D eigenvalue weighted by molar-refractivity contribution is 0.355. The first-order valence-corrected chi connectivity index (χ1v) is 10.6. The number of phenols is 1. The van der Waals surface area contributed by atoms with Gasteiger partial charge in [0.25, 0.3) is 0 Å². The van der Waals surface area contributed by atoms with Crippen LogP contribution < -0.4 is 28.4 Å². The fraction of sp³-hybridized carbons (Fsp3) is 0.259. The molecule has 34 heavy (non-hydrogen) atoms. The molecule has 0 radical (unpaired) electrons. The molecule has 7 nitrogen and oxygen atoms in total. The van der Waals surface area contributed by atoms with Gasteiger partial charge in [0.05, 0.1) is 42.7 Å². The fourth-order valence-electron chi connectivity index (χ4n) is 4.33. The summed E-state index contributed by atoms with van der Waals surface area (Å²) >= 11 is 0. The average molecular weight is 465 g/mol. The molecule has 0 aliphatic carbocycles. The number of rotatable bonds is 8. The van der Waals surface area contributed by atoms with Crippen molar-refractivity contribution in [1.82, 2.24) is 0 Å². The number of fused-ring (bicyclic) bond motifs is 2. The third-order valence-corrected chi connectivity index (χ3v) is 5.98. The first-order chi connectivity index (χ1) is 16.5. The number of hydrogen-bond acceptors (Lipinski definition) is 7. The maximum atomic E-state index is 11.3. The Hall–Kier alpha value is -4.00. The second-order valence-electron chi connectivity index (χ2n) is 7.73. The Morgan fingerprint density at radius 3 is 1.59 bits per heavy atom. The number of benzene rings is 4. The van der Waals surface area contributed by atoms with Gasteiger partial charge in [-0.15, -0.1) is 0 Å². The number of aromatic hydroxyl groups is 1. The molecule has 0 heterocycles. The summed E-state index contributed by atoms with van der Waals surface area (Å²) in [6.45, 7) is 0. The van der Waals surface area contributed by atoms with Crippen LogP contribution in [0.1, 0.15) is 11.1 Å². The van der Waals surface area contributed by atoms with Crippen molar-refractivity contribution in [3.05, 3.63) is 53.6 Å². The Morgan fingerprint density at radius 2 is 1.06 bits per heavy atom. The normalized spacial score (nSPS) is 10.9. The molecule has 0 spiro atoms. The summed E-state index contributed by atoms with van der Waals surface area (Å²) in [6, 6.07) is 13.0. The largest absolute Gasteiger partial charge is 0.507 e. The van der Waals surface area contributed by atoms with Gasteiger partial charge in [-0.05, 0) is 53.3 Å². The van der Waals surface area contributed by atoms with Crippen molar-refractivity contribution in [2.75, 3.05) is 42.7 Å². The molecule has 178 valence electrons. The van der Waals surface area contributed by atoms with Crippen LogP contribution in [0.15, 0.2) is 42.5 Å². The molecule has 7 heteroatoms. The molecule has 0 amide bonds. The maximum absolute atomic E-state index is 11.3. The van der Waals surface area contributed by atoms with Crippen molar-refractivity contribution < 1.29 is 33.5 Å². The predicted octanol–water partition coefficient (Wildman–Crippen LogP) is 5.34. The Labute approximate surface area is 198 Å². The molecule has 4 rings (SSSR count). The van der Waals surface area contributed by atoms with Crippen molar-refractivity contribution in [1.29, 1.82) is 0 Å². The lowest BCUT2D eigenvalue weighted by Gasteiger charge is -2.19. The molecule has 4 aromatic carbocycles. The minimum Gasteiger partial charge on any atom is -0.507 e. The smallest absolute Gasteiger partial charge is 0.161 e. The van der Waals surface area contributed by atoms with E-state index in [0.717, 1.165) is 21.9 Å². The van der Waals surface area contributed by atoms with Crippen LogP contribution in [0.2, 0.25) is 0 Å². The van der Waals surface area contributed by atoms with E-state index in [1.165, 1.54) is 0 Å². The first-order valence-electron chi connectivity index (χ1n) is 10.6. The molecule has 0 fully saturated rings. The highest BCUT2D eigenvalue weighted by Crippen LogP contribution is 2.47. The number of phenolic OH excluding ortho intramolecular Hbond substituents is 1. The number of hydrogen-bond donors (Lipinski definition) is 1.